The number of aliphatic hydroxyl groups is 1. The first-order chi connectivity index (χ1) is 8.92. The maximum Gasteiger partial charge on any atom is 0.240 e. The highest BCUT2D eigenvalue weighted by atomic mass is 32.2. The van der Waals surface area contributed by atoms with E-state index in [1.54, 1.807) is 6.92 Å². The van der Waals surface area contributed by atoms with Crippen molar-refractivity contribution in [2.45, 2.75) is 37.1 Å². The van der Waals surface area contributed by atoms with Crippen LogP contribution in [-0.4, -0.2) is 26.2 Å². The van der Waals surface area contributed by atoms with Gasteiger partial charge in [0.2, 0.25) is 10.0 Å². The van der Waals surface area contributed by atoms with Gasteiger partial charge in [0.25, 0.3) is 0 Å². The fourth-order valence-corrected chi connectivity index (χ4v) is 3.61. The van der Waals surface area contributed by atoms with E-state index in [4.69, 9.17) is 5.11 Å². The van der Waals surface area contributed by atoms with Crippen LogP contribution < -0.4 is 4.72 Å². The third kappa shape index (κ3) is 3.75. The van der Waals surface area contributed by atoms with Gasteiger partial charge in [-0.1, -0.05) is 0 Å². The molecule has 1 aliphatic rings. The van der Waals surface area contributed by atoms with Gasteiger partial charge in [-0.25, -0.2) is 17.5 Å². The van der Waals surface area contributed by atoms with Crippen molar-refractivity contribution >= 4 is 10.0 Å². The van der Waals surface area contributed by atoms with E-state index in [9.17, 15) is 12.8 Å². The number of hydrogen-bond acceptors (Lipinski definition) is 3. The zero-order valence-electron chi connectivity index (χ0n) is 10.8. The number of aryl methyl sites for hydroxylation is 1. The van der Waals surface area contributed by atoms with Gasteiger partial charge in [-0.15, -0.1) is 0 Å². The van der Waals surface area contributed by atoms with Gasteiger partial charge in [-0.05, 0) is 55.9 Å². The Bertz CT molecular complexity index is 535. The number of hydrogen-bond donors (Lipinski definition) is 2. The average molecular weight is 287 g/mol. The van der Waals surface area contributed by atoms with Crippen LogP contribution >= 0.6 is 0 Å². The molecule has 1 saturated carbocycles. The molecule has 0 spiro atoms. The molecule has 0 aliphatic heterocycles. The van der Waals surface area contributed by atoms with E-state index in [1.165, 1.54) is 12.1 Å². The van der Waals surface area contributed by atoms with Crippen molar-refractivity contribution in [1.29, 1.82) is 0 Å². The number of sulfonamides is 1. The van der Waals surface area contributed by atoms with Gasteiger partial charge in [0.05, 0.1) is 4.90 Å². The first kappa shape index (κ1) is 14.4. The third-order valence-corrected chi connectivity index (χ3v) is 4.73. The van der Waals surface area contributed by atoms with Gasteiger partial charge in [-0.3, -0.25) is 0 Å². The molecular weight excluding hydrogens is 269 g/mol. The van der Waals surface area contributed by atoms with E-state index in [2.05, 4.69) is 4.72 Å². The van der Waals surface area contributed by atoms with Crippen molar-refractivity contribution in [3.63, 3.8) is 0 Å². The van der Waals surface area contributed by atoms with Crippen LogP contribution in [0.1, 0.15) is 24.8 Å². The predicted molar refractivity (Wildman–Crippen MR) is 69.7 cm³/mol. The lowest BCUT2D eigenvalue weighted by atomic mass is 10.1. The summed E-state index contributed by atoms with van der Waals surface area (Å²) in [6.07, 6.45) is 2.32. The molecule has 4 nitrogen and oxygen atoms in total. The summed E-state index contributed by atoms with van der Waals surface area (Å²) >= 11 is 0. The van der Waals surface area contributed by atoms with Crippen LogP contribution in [0.5, 0.6) is 0 Å². The van der Waals surface area contributed by atoms with Crippen LogP contribution in [0.25, 0.3) is 0 Å². The van der Waals surface area contributed by atoms with Gasteiger partial charge in [0.15, 0.2) is 0 Å². The van der Waals surface area contributed by atoms with Crippen LogP contribution in [-0.2, 0) is 10.0 Å². The van der Waals surface area contributed by atoms with Crippen LogP contribution in [0.2, 0.25) is 0 Å². The van der Waals surface area contributed by atoms with E-state index in [-0.39, 0.29) is 23.5 Å². The summed E-state index contributed by atoms with van der Waals surface area (Å²) in [7, 11) is -3.73. The van der Waals surface area contributed by atoms with Gasteiger partial charge in [0.1, 0.15) is 5.82 Å². The molecule has 1 unspecified atom stereocenters. The molecule has 1 aromatic carbocycles. The Morgan fingerprint density at radius 3 is 2.63 bits per heavy atom. The summed E-state index contributed by atoms with van der Waals surface area (Å²) in [5.41, 5.74) is 0.561. The Balaban J connectivity index is 2.20. The van der Waals surface area contributed by atoms with Crippen molar-refractivity contribution in [3.05, 3.63) is 29.6 Å². The molecule has 1 atom stereocenters. The zero-order valence-corrected chi connectivity index (χ0v) is 11.6. The molecule has 0 aromatic heterocycles. The van der Waals surface area contributed by atoms with Gasteiger partial charge < -0.3 is 5.11 Å². The Kier molecular flexibility index (Phi) is 4.23. The summed E-state index contributed by atoms with van der Waals surface area (Å²) in [4.78, 5) is -0.0615. The maximum absolute atomic E-state index is 13.3. The Morgan fingerprint density at radius 2 is 2.11 bits per heavy atom. The normalized spacial score (nSPS) is 17.4. The molecule has 1 fully saturated rings. The summed E-state index contributed by atoms with van der Waals surface area (Å²) in [6, 6.07) is 3.47. The molecule has 1 aliphatic carbocycles. The molecule has 2 N–H and O–H groups in total. The molecule has 0 amide bonds. The summed E-state index contributed by atoms with van der Waals surface area (Å²) in [5, 5.41) is 8.97. The van der Waals surface area contributed by atoms with Crippen LogP contribution in [0.3, 0.4) is 0 Å². The van der Waals surface area contributed by atoms with E-state index in [0.717, 1.165) is 18.9 Å². The van der Waals surface area contributed by atoms with Crippen LogP contribution in [0.15, 0.2) is 23.1 Å². The minimum absolute atomic E-state index is 0.0615. The molecule has 106 valence electrons. The molecule has 19 heavy (non-hydrogen) atoms. The second kappa shape index (κ2) is 5.56. The summed E-state index contributed by atoms with van der Waals surface area (Å²) in [6.45, 7) is 1.58. The standard InChI is InChI=1S/C13H18FNO3S/c1-9-6-11(14)8-12(7-9)19(17,18)15-13(4-5-16)10-2-3-10/h6-8,10,13,15-16H,2-5H2,1H3. The molecule has 0 saturated heterocycles. The van der Waals surface area contributed by atoms with Gasteiger partial charge in [0, 0.05) is 12.6 Å². The SMILES string of the molecule is Cc1cc(F)cc(S(=O)(=O)NC(CCO)C2CC2)c1. The molecule has 0 bridgehead atoms. The molecule has 1 aromatic rings. The fraction of sp³-hybridized carbons (Fsp3) is 0.538. The molecular formula is C13H18FNO3S. The lowest BCUT2D eigenvalue weighted by Gasteiger charge is -2.17. The smallest absolute Gasteiger partial charge is 0.240 e. The highest BCUT2D eigenvalue weighted by molar-refractivity contribution is 7.89. The summed E-state index contributed by atoms with van der Waals surface area (Å²) < 4.78 is 40.2. The van der Waals surface area contributed by atoms with Gasteiger partial charge in [-0.2, -0.15) is 0 Å². The minimum Gasteiger partial charge on any atom is -0.396 e. The first-order valence-electron chi connectivity index (χ1n) is 6.33. The van der Waals surface area contributed by atoms with Crippen molar-refractivity contribution < 1.29 is 17.9 Å². The first-order valence-corrected chi connectivity index (χ1v) is 7.81. The Hall–Kier alpha value is -0.980. The average Bonchev–Trinajstić information content (AvgIpc) is 3.10. The Labute approximate surface area is 112 Å². The van der Waals surface area contributed by atoms with Crippen LogP contribution in [0.4, 0.5) is 4.39 Å². The zero-order chi connectivity index (χ0) is 14.0. The quantitative estimate of drug-likeness (QED) is 0.834. The summed E-state index contributed by atoms with van der Waals surface area (Å²) in [5.74, 6) is -0.276. The second-order valence-electron chi connectivity index (χ2n) is 5.04. The topological polar surface area (TPSA) is 66.4 Å². The molecule has 2 rings (SSSR count). The Morgan fingerprint density at radius 1 is 1.42 bits per heavy atom. The molecule has 6 heteroatoms. The number of aliphatic hydroxyl groups excluding tert-OH is 1. The lowest BCUT2D eigenvalue weighted by Crippen LogP contribution is -2.37. The van der Waals surface area contributed by atoms with E-state index in [0.29, 0.717) is 12.0 Å². The number of benzene rings is 1. The van der Waals surface area contributed by atoms with Crippen molar-refractivity contribution in [2.24, 2.45) is 5.92 Å². The maximum atomic E-state index is 13.3. The van der Waals surface area contributed by atoms with Crippen molar-refractivity contribution in [3.8, 4) is 0 Å². The third-order valence-electron chi connectivity index (χ3n) is 3.26. The van der Waals surface area contributed by atoms with Crippen molar-refractivity contribution in [2.75, 3.05) is 6.61 Å². The van der Waals surface area contributed by atoms with Gasteiger partial charge >= 0.3 is 0 Å². The second-order valence-corrected chi connectivity index (χ2v) is 6.76. The highest BCUT2D eigenvalue weighted by Crippen LogP contribution is 2.34. The van der Waals surface area contributed by atoms with E-state index in [1.807, 2.05) is 0 Å². The molecule has 0 radical (unpaired) electrons. The highest BCUT2D eigenvalue weighted by Gasteiger charge is 2.34. The lowest BCUT2D eigenvalue weighted by molar-refractivity contribution is 0.265. The fourth-order valence-electron chi connectivity index (χ4n) is 2.15. The number of halogens is 1. The van der Waals surface area contributed by atoms with Crippen LogP contribution in [0, 0.1) is 18.7 Å². The predicted octanol–water partition coefficient (Wildman–Crippen LogP) is 1.57. The van der Waals surface area contributed by atoms with Crippen molar-refractivity contribution in [1.82, 2.24) is 4.72 Å². The van der Waals surface area contributed by atoms with E-state index < -0.39 is 15.8 Å². The molecule has 0 heterocycles. The largest absolute Gasteiger partial charge is 0.396 e. The van der Waals surface area contributed by atoms with E-state index >= 15 is 0 Å². The number of nitrogens with one attached hydrogen (secondary N) is 1. The monoisotopic (exact) mass is 287 g/mol. The number of rotatable bonds is 6. The minimum atomic E-state index is -3.73.